The summed E-state index contributed by atoms with van der Waals surface area (Å²) < 4.78 is 1.97. The van der Waals surface area contributed by atoms with E-state index in [1.165, 1.54) is 0 Å². The Morgan fingerprint density at radius 2 is 1.95 bits per heavy atom. The van der Waals surface area contributed by atoms with Crippen molar-refractivity contribution in [2.45, 2.75) is 0 Å². The van der Waals surface area contributed by atoms with Crippen molar-refractivity contribution in [1.29, 1.82) is 0 Å². The van der Waals surface area contributed by atoms with Gasteiger partial charge < -0.3 is 9.88 Å². The largest absolute Gasteiger partial charge is 0.351 e. The molecule has 3 aromatic rings. The third kappa shape index (κ3) is 2.62. The number of benzene rings is 2. The molecule has 1 aromatic heterocycles. The SMILES string of the molecule is Cn1ccc2c(C(=O)Nc3cc(Cl)ccc3Cl)cccc21. The van der Waals surface area contributed by atoms with Crippen LogP contribution in [-0.4, -0.2) is 10.5 Å². The number of nitrogens with one attached hydrogen (secondary N) is 1. The molecule has 21 heavy (non-hydrogen) atoms. The van der Waals surface area contributed by atoms with Crippen LogP contribution in [0.3, 0.4) is 0 Å². The van der Waals surface area contributed by atoms with Gasteiger partial charge in [0.05, 0.1) is 10.7 Å². The fourth-order valence-electron chi connectivity index (χ4n) is 2.28. The van der Waals surface area contributed by atoms with Crippen LogP contribution in [0.5, 0.6) is 0 Å². The van der Waals surface area contributed by atoms with E-state index in [9.17, 15) is 4.79 Å². The van der Waals surface area contributed by atoms with Crippen LogP contribution in [0.25, 0.3) is 10.9 Å². The maximum Gasteiger partial charge on any atom is 0.256 e. The number of hydrogen-bond acceptors (Lipinski definition) is 1. The molecule has 0 saturated carbocycles. The lowest BCUT2D eigenvalue weighted by Gasteiger charge is -2.09. The van der Waals surface area contributed by atoms with E-state index in [1.54, 1.807) is 24.3 Å². The Morgan fingerprint density at radius 1 is 1.14 bits per heavy atom. The zero-order valence-electron chi connectivity index (χ0n) is 11.2. The quantitative estimate of drug-likeness (QED) is 0.727. The number of anilines is 1. The van der Waals surface area contributed by atoms with E-state index in [4.69, 9.17) is 23.2 Å². The van der Waals surface area contributed by atoms with Crippen molar-refractivity contribution >= 4 is 45.7 Å². The third-order valence-corrected chi connectivity index (χ3v) is 3.91. The minimum absolute atomic E-state index is 0.212. The van der Waals surface area contributed by atoms with Gasteiger partial charge in [-0.3, -0.25) is 4.79 Å². The normalized spacial score (nSPS) is 10.8. The highest BCUT2D eigenvalue weighted by molar-refractivity contribution is 6.36. The number of carbonyl (C=O) groups is 1. The van der Waals surface area contributed by atoms with Crippen LogP contribution >= 0.6 is 23.2 Å². The van der Waals surface area contributed by atoms with Crippen LogP contribution in [0.2, 0.25) is 10.0 Å². The zero-order chi connectivity index (χ0) is 15.0. The lowest BCUT2D eigenvalue weighted by atomic mass is 10.1. The lowest BCUT2D eigenvalue weighted by molar-refractivity contribution is 0.102. The maximum atomic E-state index is 12.5. The number of hydrogen-bond donors (Lipinski definition) is 1. The molecule has 0 radical (unpaired) electrons. The summed E-state index contributed by atoms with van der Waals surface area (Å²) in [6.45, 7) is 0. The van der Waals surface area contributed by atoms with Crippen LogP contribution in [0.4, 0.5) is 5.69 Å². The second kappa shape index (κ2) is 5.43. The molecule has 0 atom stereocenters. The molecule has 0 bridgehead atoms. The number of amides is 1. The summed E-state index contributed by atoms with van der Waals surface area (Å²) in [6, 6.07) is 12.5. The van der Waals surface area contributed by atoms with Gasteiger partial charge in [0.25, 0.3) is 5.91 Å². The Kier molecular flexibility index (Phi) is 3.62. The van der Waals surface area contributed by atoms with E-state index in [0.717, 1.165) is 10.9 Å². The first-order valence-electron chi connectivity index (χ1n) is 6.37. The minimum atomic E-state index is -0.212. The Hall–Kier alpha value is -1.97. The summed E-state index contributed by atoms with van der Waals surface area (Å²) in [7, 11) is 1.94. The van der Waals surface area contributed by atoms with Crippen molar-refractivity contribution in [1.82, 2.24) is 4.57 Å². The summed E-state index contributed by atoms with van der Waals surface area (Å²) in [5.41, 5.74) is 2.10. The molecule has 1 amide bonds. The van der Waals surface area contributed by atoms with Gasteiger partial charge >= 0.3 is 0 Å². The van der Waals surface area contributed by atoms with Gasteiger partial charge in [-0.05, 0) is 36.4 Å². The molecule has 0 aliphatic rings. The molecular formula is C16H12Cl2N2O. The van der Waals surface area contributed by atoms with Gasteiger partial charge in [-0.15, -0.1) is 0 Å². The predicted octanol–water partition coefficient (Wildman–Crippen LogP) is 4.74. The van der Waals surface area contributed by atoms with Gasteiger partial charge in [0, 0.05) is 34.7 Å². The van der Waals surface area contributed by atoms with Crippen LogP contribution in [-0.2, 0) is 7.05 Å². The zero-order valence-corrected chi connectivity index (χ0v) is 12.7. The molecule has 0 fully saturated rings. The number of aromatic nitrogens is 1. The molecule has 5 heteroatoms. The molecule has 1 heterocycles. The van der Waals surface area contributed by atoms with E-state index in [0.29, 0.717) is 21.3 Å². The van der Waals surface area contributed by atoms with Gasteiger partial charge in [0.15, 0.2) is 0 Å². The van der Waals surface area contributed by atoms with Crippen molar-refractivity contribution < 1.29 is 4.79 Å². The van der Waals surface area contributed by atoms with Crippen LogP contribution in [0.15, 0.2) is 48.7 Å². The van der Waals surface area contributed by atoms with Gasteiger partial charge in [-0.1, -0.05) is 29.3 Å². The van der Waals surface area contributed by atoms with E-state index < -0.39 is 0 Å². The fraction of sp³-hybridized carbons (Fsp3) is 0.0625. The molecule has 2 aromatic carbocycles. The molecule has 0 aliphatic heterocycles. The van der Waals surface area contributed by atoms with Crippen molar-refractivity contribution in [3.05, 3.63) is 64.3 Å². The number of fused-ring (bicyclic) bond motifs is 1. The Balaban J connectivity index is 1.99. The molecule has 3 nitrogen and oxygen atoms in total. The molecule has 0 unspecified atom stereocenters. The summed E-state index contributed by atoms with van der Waals surface area (Å²) in [4.78, 5) is 12.5. The highest BCUT2D eigenvalue weighted by atomic mass is 35.5. The van der Waals surface area contributed by atoms with E-state index in [1.807, 2.05) is 36.0 Å². The van der Waals surface area contributed by atoms with Crippen LogP contribution < -0.4 is 5.32 Å². The van der Waals surface area contributed by atoms with Gasteiger partial charge in [0.1, 0.15) is 0 Å². The molecule has 0 saturated heterocycles. The second-order valence-electron chi connectivity index (χ2n) is 4.74. The van der Waals surface area contributed by atoms with Gasteiger partial charge in [-0.2, -0.15) is 0 Å². The average molecular weight is 319 g/mol. The Morgan fingerprint density at radius 3 is 2.76 bits per heavy atom. The summed E-state index contributed by atoms with van der Waals surface area (Å²) >= 11 is 12.0. The van der Waals surface area contributed by atoms with Crippen LogP contribution in [0, 0.1) is 0 Å². The van der Waals surface area contributed by atoms with Crippen molar-refractivity contribution in [3.63, 3.8) is 0 Å². The smallest absolute Gasteiger partial charge is 0.256 e. The molecule has 1 N–H and O–H groups in total. The van der Waals surface area contributed by atoms with Gasteiger partial charge in [0.2, 0.25) is 0 Å². The van der Waals surface area contributed by atoms with E-state index in [-0.39, 0.29) is 5.91 Å². The van der Waals surface area contributed by atoms with Crippen molar-refractivity contribution in [3.8, 4) is 0 Å². The maximum absolute atomic E-state index is 12.5. The summed E-state index contributed by atoms with van der Waals surface area (Å²) in [5.74, 6) is -0.212. The average Bonchev–Trinajstić information content (AvgIpc) is 2.84. The molecule has 0 spiro atoms. The number of nitrogens with zero attached hydrogens (tertiary/aromatic N) is 1. The summed E-state index contributed by atoms with van der Waals surface area (Å²) in [5, 5.41) is 4.68. The van der Waals surface area contributed by atoms with E-state index in [2.05, 4.69) is 5.32 Å². The number of rotatable bonds is 2. The monoisotopic (exact) mass is 318 g/mol. The number of halogens is 2. The van der Waals surface area contributed by atoms with Crippen molar-refractivity contribution in [2.75, 3.05) is 5.32 Å². The topological polar surface area (TPSA) is 34.0 Å². The van der Waals surface area contributed by atoms with E-state index >= 15 is 0 Å². The molecule has 0 aliphatic carbocycles. The highest BCUT2D eigenvalue weighted by Gasteiger charge is 2.13. The number of carbonyl (C=O) groups excluding carboxylic acids is 1. The first-order chi connectivity index (χ1) is 10.1. The predicted molar refractivity (Wildman–Crippen MR) is 87.3 cm³/mol. The summed E-state index contributed by atoms with van der Waals surface area (Å²) in [6.07, 6.45) is 1.92. The Labute approximate surface area is 132 Å². The first kappa shape index (κ1) is 14.0. The van der Waals surface area contributed by atoms with Crippen molar-refractivity contribution in [2.24, 2.45) is 7.05 Å². The minimum Gasteiger partial charge on any atom is -0.351 e. The fourth-order valence-corrected chi connectivity index (χ4v) is 2.62. The van der Waals surface area contributed by atoms with Gasteiger partial charge in [-0.25, -0.2) is 0 Å². The third-order valence-electron chi connectivity index (χ3n) is 3.35. The first-order valence-corrected chi connectivity index (χ1v) is 7.12. The number of aryl methyl sites for hydroxylation is 1. The molecule has 106 valence electrons. The lowest BCUT2D eigenvalue weighted by Crippen LogP contribution is -2.12. The molecule has 3 rings (SSSR count). The highest BCUT2D eigenvalue weighted by Crippen LogP contribution is 2.27. The molecular weight excluding hydrogens is 307 g/mol. The standard InChI is InChI=1S/C16H12Cl2N2O/c1-20-8-7-11-12(3-2-4-15(11)20)16(21)19-14-9-10(17)5-6-13(14)18/h2-9H,1H3,(H,19,21). The Bertz CT molecular complexity index is 839. The second-order valence-corrected chi connectivity index (χ2v) is 5.59. The van der Waals surface area contributed by atoms with Crippen LogP contribution in [0.1, 0.15) is 10.4 Å².